The second-order valence-corrected chi connectivity index (χ2v) is 18.2. The van der Waals surface area contributed by atoms with Gasteiger partial charge in [-0.05, 0) is 104 Å². The maximum Gasteiger partial charge on any atom is 0.220 e. The van der Waals surface area contributed by atoms with Gasteiger partial charge in [-0.3, -0.25) is 0 Å². The number of nitriles is 1. The molecule has 4 nitrogen and oxygen atoms in total. The van der Waals surface area contributed by atoms with Crippen LogP contribution in [0.5, 0.6) is 0 Å². The molecule has 0 amide bonds. The maximum atomic E-state index is 11.9. The molecule has 2 aromatic heterocycles. The number of hydrogen-bond donors (Lipinski definition) is 0. The summed E-state index contributed by atoms with van der Waals surface area (Å²) in [5.74, 6) is 0. The van der Waals surface area contributed by atoms with E-state index in [1.807, 2.05) is 72.8 Å². The first-order valence-electron chi connectivity index (χ1n) is 24.2. The lowest BCUT2D eigenvalue weighted by molar-refractivity contribution is 1.13. The first-order chi connectivity index (χ1) is 35.7. The first kappa shape index (κ1) is 42.1. The van der Waals surface area contributed by atoms with Crippen molar-refractivity contribution in [3.05, 3.63) is 272 Å². The Morgan fingerprint density at radius 2 is 0.583 bits per heavy atom. The van der Waals surface area contributed by atoms with Gasteiger partial charge in [0.25, 0.3) is 0 Å². The Morgan fingerprint density at radius 3 is 0.875 bits per heavy atom. The summed E-state index contributed by atoms with van der Waals surface area (Å²) < 4.78 is 4.60. The van der Waals surface area contributed by atoms with E-state index < -0.39 is 0 Å². The Bertz CT molecular complexity index is 3860. The fraction of sp³-hybridized carbons (Fsp3) is 0. The summed E-state index contributed by atoms with van der Waals surface area (Å²) in [5.41, 5.74) is 18.0. The third kappa shape index (κ3) is 6.90. The Hall–Kier alpha value is -10.0. The van der Waals surface area contributed by atoms with Crippen LogP contribution in [0.25, 0.3) is 127 Å². The Balaban J connectivity index is 1.23. The van der Waals surface area contributed by atoms with Gasteiger partial charge in [0.1, 0.15) is 6.07 Å². The third-order valence-corrected chi connectivity index (χ3v) is 14.2. The number of nitrogens with zero attached hydrogens (tertiary/aromatic N) is 4. The van der Waals surface area contributed by atoms with Gasteiger partial charge in [0, 0.05) is 32.7 Å². The zero-order valence-corrected chi connectivity index (χ0v) is 39.0. The molecule has 0 N–H and O–H groups in total. The molecule has 0 bridgehead atoms. The van der Waals surface area contributed by atoms with Gasteiger partial charge in [0.05, 0.1) is 45.6 Å². The van der Waals surface area contributed by atoms with Crippen molar-refractivity contribution in [3.63, 3.8) is 0 Å². The van der Waals surface area contributed by atoms with Gasteiger partial charge < -0.3 is 9.13 Å². The highest BCUT2D eigenvalue weighted by Gasteiger charge is 2.32. The Morgan fingerprint density at radius 1 is 0.306 bits per heavy atom. The maximum absolute atomic E-state index is 11.9. The zero-order valence-electron chi connectivity index (χ0n) is 39.0. The van der Waals surface area contributed by atoms with E-state index in [-0.39, 0.29) is 0 Å². The molecule has 0 atom stereocenters. The van der Waals surface area contributed by atoms with Crippen LogP contribution in [0.4, 0.5) is 5.69 Å². The molecule has 0 radical (unpaired) electrons. The summed E-state index contributed by atoms with van der Waals surface area (Å²) in [5, 5.41) is 16.2. The lowest BCUT2D eigenvalue weighted by Crippen LogP contribution is -2.08. The van der Waals surface area contributed by atoms with Crippen LogP contribution in [0.1, 0.15) is 5.56 Å². The molecular formula is C68H42N4. The van der Waals surface area contributed by atoms with E-state index in [1.54, 1.807) is 0 Å². The summed E-state index contributed by atoms with van der Waals surface area (Å²) in [6.45, 7) is 9.33. The minimum atomic E-state index is 0.400. The van der Waals surface area contributed by atoms with Crippen molar-refractivity contribution in [2.24, 2.45) is 0 Å². The highest BCUT2D eigenvalue weighted by atomic mass is 15.0. The molecule has 0 aliphatic rings. The predicted octanol–water partition coefficient (Wildman–Crippen LogP) is 18.3. The number of rotatable bonds is 8. The molecule has 13 aromatic rings. The van der Waals surface area contributed by atoms with Crippen LogP contribution < -0.4 is 0 Å². The molecule has 0 fully saturated rings. The molecule has 0 aliphatic carbocycles. The van der Waals surface area contributed by atoms with Crippen molar-refractivity contribution in [2.75, 3.05) is 0 Å². The van der Waals surface area contributed by atoms with Crippen molar-refractivity contribution in [2.45, 2.75) is 0 Å². The van der Waals surface area contributed by atoms with Crippen LogP contribution in [0.15, 0.2) is 255 Å². The number of fused-ring (bicyclic) bond motifs is 6. The van der Waals surface area contributed by atoms with Crippen molar-refractivity contribution in [1.29, 1.82) is 5.26 Å². The average Bonchev–Trinajstić information content (AvgIpc) is 3.96. The zero-order chi connectivity index (χ0) is 48.1. The van der Waals surface area contributed by atoms with Crippen LogP contribution in [-0.4, -0.2) is 9.13 Å². The minimum Gasteiger partial charge on any atom is -0.318 e. The summed E-state index contributed by atoms with van der Waals surface area (Å²) in [6, 6.07) is 91.9. The van der Waals surface area contributed by atoms with E-state index in [0.29, 0.717) is 28.2 Å². The summed E-state index contributed by atoms with van der Waals surface area (Å²) in [4.78, 5) is 4.55. The second-order valence-electron chi connectivity index (χ2n) is 18.2. The van der Waals surface area contributed by atoms with E-state index in [0.717, 1.165) is 105 Å². The van der Waals surface area contributed by atoms with Crippen LogP contribution in [0.3, 0.4) is 0 Å². The van der Waals surface area contributed by atoms with E-state index >= 15 is 0 Å². The predicted molar refractivity (Wildman–Crippen MR) is 299 cm³/mol. The van der Waals surface area contributed by atoms with Crippen LogP contribution >= 0.6 is 0 Å². The summed E-state index contributed by atoms with van der Waals surface area (Å²) >= 11 is 0. The minimum absolute atomic E-state index is 0.400. The highest BCUT2D eigenvalue weighted by Crippen LogP contribution is 2.53. The van der Waals surface area contributed by atoms with Gasteiger partial charge in [0.2, 0.25) is 5.69 Å². The summed E-state index contributed by atoms with van der Waals surface area (Å²) in [7, 11) is 0. The van der Waals surface area contributed by atoms with Gasteiger partial charge in [-0.25, -0.2) is 4.85 Å². The fourth-order valence-electron chi connectivity index (χ4n) is 10.9. The average molecular weight is 915 g/mol. The SMILES string of the molecule is [C-]#[N+]c1c(-c2ccccc2)c(C#N)c(-n2c3ccc(-c4ccccc4)cc3c3cc(-c4ccccc4)ccc32)c(-c2ccccc2)c1-n1c2ccc(-c3ccccc3)cc2c2cc(-c3ccccc3)ccc21. The lowest BCUT2D eigenvalue weighted by atomic mass is 9.88. The Labute approximate surface area is 417 Å². The molecule has 0 unspecified atom stereocenters. The lowest BCUT2D eigenvalue weighted by Gasteiger charge is -2.26. The molecule has 0 saturated heterocycles. The quantitative estimate of drug-likeness (QED) is 0.140. The summed E-state index contributed by atoms with van der Waals surface area (Å²) in [6.07, 6.45) is 0. The topological polar surface area (TPSA) is 38.0 Å². The van der Waals surface area contributed by atoms with Gasteiger partial charge in [-0.1, -0.05) is 206 Å². The Kier molecular flexibility index (Phi) is 10.2. The van der Waals surface area contributed by atoms with Crippen molar-refractivity contribution in [1.82, 2.24) is 9.13 Å². The molecule has 334 valence electrons. The number of hydrogen-bond acceptors (Lipinski definition) is 1. The monoisotopic (exact) mass is 914 g/mol. The standard InChI is InChI=1S/C68H42N4/c1-70-66-64(49-28-16-6-17-29-49)59(44-69)67(71-60-36-32-51(45-20-8-2-9-21-45)40-55(60)56-41-52(33-37-61(56)71)46-22-10-3-11-23-46)65(50-30-18-7-19-31-50)68(66)72-62-38-34-53(47-24-12-4-13-25-47)42-57(62)58-43-54(35-39-63(58)72)48-26-14-5-15-27-48/h2-43H. The smallest absolute Gasteiger partial charge is 0.220 e. The van der Waals surface area contributed by atoms with Gasteiger partial charge in [-0.15, -0.1) is 0 Å². The highest BCUT2D eigenvalue weighted by molar-refractivity contribution is 6.16. The largest absolute Gasteiger partial charge is 0.318 e. The fourth-order valence-corrected chi connectivity index (χ4v) is 10.9. The molecule has 0 aliphatic heterocycles. The number of benzene rings is 11. The van der Waals surface area contributed by atoms with E-state index in [2.05, 4.69) is 202 Å². The third-order valence-electron chi connectivity index (χ3n) is 14.2. The van der Waals surface area contributed by atoms with Crippen molar-refractivity contribution in [3.8, 4) is 84.2 Å². The van der Waals surface area contributed by atoms with Gasteiger partial charge in [-0.2, -0.15) is 5.26 Å². The van der Waals surface area contributed by atoms with E-state index in [9.17, 15) is 11.8 Å². The van der Waals surface area contributed by atoms with E-state index in [4.69, 9.17) is 0 Å². The van der Waals surface area contributed by atoms with Crippen molar-refractivity contribution >= 4 is 49.3 Å². The van der Waals surface area contributed by atoms with Gasteiger partial charge in [0.15, 0.2) is 0 Å². The van der Waals surface area contributed by atoms with Crippen LogP contribution in [0.2, 0.25) is 0 Å². The first-order valence-corrected chi connectivity index (χ1v) is 24.2. The van der Waals surface area contributed by atoms with E-state index in [1.165, 1.54) is 0 Å². The molecule has 0 spiro atoms. The second kappa shape index (κ2) is 17.5. The molecule has 0 saturated carbocycles. The molecular weight excluding hydrogens is 873 g/mol. The molecule has 13 rings (SSSR count). The molecule has 4 heteroatoms. The van der Waals surface area contributed by atoms with Gasteiger partial charge >= 0.3 is 0 Å². The normalized spacial score (nSPS) is 11.3. The van der Waals surface area contributed by atoms with Crippen molar-refractivity contribution < 1.29 is 0 Å². The molecule has 11 aromatic carbocycles. The van der Waals surface area contributed by atoms with Crippen LogP contribution in [0, 0.1) is 17.9 Å². The van der Waals surface area contributed by atoms with Crippen LogP contribution in [-0.2, 0) is 0 Å². The molecule has 2 heterocycles. The number of aromatic nitrogens is 2. The molecule has 72 heavy (non-hydrogen) atoms.